The molecule has 2 aromatic carbocycles. The Morgan fingerprint density at radius 1 is 1.16 bits per heavy atom. The summed E-state index contributed by atoms with van der Waals surface area (Å²) in [6, 6.07) is 12.6. The molecule has 0 bridgehead atoms. The molecule has 0 heterocycles. The van der Waals surface area contributed by atoms with E-state index in [9.17, 15) is 0 Å². The van der Waals surface area contributed by atoms with Crippen molar-refractivity contribution in [2.24, 2.45) is 5.73 Å². The molecular weight excluding hydrogens is 301 g/mol. The van der Waals surface area contributed by atoms with E-state index in [2.05, 4.69) is 0 Å². The Hall–Kier alpha value is -1.29. The minimum atomic E-state index is 0.269. The third kappa shape index (κ3) is 3.60. The van der Waals surface area contributed by atoms with Crippen molar-refractivity contribution in [3.8, 4) is 5.75 Å². The van der Waals surface area contributed by atoms with E-state index in [1.165, 1.54) is 0 Å². The van der Waals surface area contributed by atoms with Gasteiger partial charge in [0.25, 0.3) is 0 Å². The summed E-state index contributed by atoms with van der Waals surface area (Å²) in [5.74, 6) is 0.555. The van der Waals surface area contributed by atoms with E-state index in [0.29, 0.717) is 28.0 Å². The fourth-order valence-electron chi connectivity index (χ4n) is 1.59. The fraction of sp³-hybridized carbons (Fsp3) is 0.0714. The Bertz CT molecular complexity index is 616. The van der Waals surface area contributed by atoms with Gasteiger partial charge in [0.15, 0.2) is 0 Å². The van der Waals surface area contributed by atoms with Gasteiger partial charge in [-0.15, -0.1) is 0 Å². The van der Waals surface area contributed by atoms with Crippen molar-refractivity contribution >= 4 is 40.4 Å². The molecule has 0 aromatic heterocycles. The zero-order chi connectivity index (χ0) is 13.8. The van der Waals surface area contributed by atoms with Crippen LogP contribution in [0.25, 0.3) is 0 Å². The van der Waals surface area contributed by atoms with E-state index in [4.69, 9.17) is 45.9 Å². The highest BCUT2D eigenvalue weighted by molar-refractivity contribution is 7.80. The van der Waals surface area contributed by atoms with Crippen LogP contribution in [0.5, 0.6) is 5.75 Å². The largest absolute Gasteiger partial charge is 0.488 e. The number of ether oxygens (including phenoxy) is 1. The van der Waals surface area contributed by atoms with E-state index in [1.807, 2.05) is 24.3 Å². The van der Waals surface area contributed by atoms with Crippen molar-refractivity contribution in [1.29, 1.82) is 0 Å². The van der Waals surface area contributed by atoms with Crippen molar-refractivity contribution in [3.63, 3.8) is 0 Å². The fourth-order valence-corrected chi connectivity index (χ4v) is 2.11. The summed E-state index contributed by atoms with van der Waals surface area (Å²) in [6.07, 6.45) is 0. The van der Waals surface area contributed by atoms with Crippen LogP contribution in [0.2, 0.25) is 10.0 Å². The summed E-state index contributed by atoms with van der Waals surface area (Å²) in [6.45, 7) is 0.329. The van der Waals surface area contributed by atoms with Crippen LogP contribution in [0.1, 0.15) is 11.1 Å². The van der Waals surface area contributed by atoms with Gasteiger partial charge in [-0.05, 0) is 24.3 Å². The third-order valence-electron chi connectivity index (χ3n) is 2.55. The first-order chi connectivity index (χ1) is 9.08. The van der Waals surface area contributed by atoms with Crippen molar-refractivity contribution in [3.05, 3.63) is 63.6 Å². The quantitative estimate of drug-likeness (QED) is 0.859. The molecule has 2 rings (SSSR count). The highest BCUT2D eigenvalue weighted by atomic mass is 35.5. The lowest BCUT2D eigenvalue weighted by molar-refractivity contribution is 0.306. The molecule has 0 spiro atoms. The minimum Gasteiger partial charge on any atom is -0.488 e. The number of nitrogens with two attached hydrogens (primary N) is 1. The Kier molecular flexibility index (Phi) is 4.64. The number of benzene rings is 2. The molecule has 0 saturated heterocycles. The molecule has 0 aliphatic heterocycles. The summed E-state index contributed by atoms with van der Waals surface area (Å²) in [4.78, 5) is 0.269. The van der Waals surface area contributed by atoms with Crippen LogP contribution in [0, 0.1) is 0 Å². The molecule has 0 saturated carbocycles. The molecule has 5 heteroatoms. The smallest absolute Gasteiger partial charge is 0.131 e. The lowest BCUT2D eigenvalue weighted by Crippen LogP contribution is -2.11. The summed E-state index contributed by atoms with van der Waals surface area (Å²) >= 11 is 17.0. The van der Waals surface area contributed by atoms with Gasteiger partial charge in [0.05, 0.1) is 5.56 Å². The number of hydrogen-bond donors (Lipinski definition) is 1. The molecule has 2 nitrogen and oxygen atoms in total. The molecule has 0 atom stereocenters. The Labute approximate surface area is 127 Å². The molecule has 98 valence electrons. The molecule has 19 heavy (non-hydrogen) atoms. The number of hydrogen-bond acceptors (Lipinski definition) is 2. The maximum atomic E-state index is 6.07. The zero-order valence-electron chi connectivity index (χ0n) is 9.90. The van der Waals surface area contributed by atoms with Crippen molar-refractivity contribution in [2.45, 2.75) is 6.61 Å². The molecule has 0 radical (unpaired) electrons. The van der Waals surface area contributed by atoms with Gasteiger partial charge in [0.1, 0.15) is 17.3 Å². The molecular formula is C14H11Cl2NOS. The van der Waals surface area contributed by atoms with Gasteiger partial charge in [-0.2, -0.15) is 0 Å². The Balaban J connectivity index is 2.22. The highest BCUT2D eigenvalue weighted by Crippen LogP contribution is 2.25. The van der Waals surface area contributed by atoms with E-state index >= 15 is 0 Å². The van der Waals surface area contributed by atoms with Gasteiger partial charge < -0.3 is 10.5 Å². The second-order valence-corrected chi connectivity index (χ2v) is 5.17. The van der Waals surface area contributed by atoms with Crippen LogP contribution in [0.3, 0.4) is 0 Å². The van der Waals surface area contributed by atoms with Crippen LogP contribution in [0.4, 0.5) is 0 Å². The van der Waals surface area contributed by atoms with Crippen molar-refractivity contribution < 1.29 is 4.74 Å². The van der Waals surface area contributed by atoms with Crippen molar-refractivity contribution in [1.82, 2.24) is 0 Å². The zero-order valence-corrected chi connectivity index (χ0v) is 12.2. The van der Waals surface area contributed by atoms with Gasteiger partial charge in [-0.1, -0.05) is 53.6 Å². The van der Waals surface area contributed by atoms with Gasteiger partial charge in [0, 0.05) is 15.6 Å². The molecule has 2 aromatic rings. The van der Waals surface area contributed by atoms with E-state index in [0.717, 1.165) is 5.56 Å². The van der Waals surface area contributed by atoms with Gasteiger partial charge in [-0.25, -0.2) is 0 Å². The Morgan fingerprint density at radius 3 is 2.58 bits per heavy atom. The predicted molar refractivity (Wildman–Crippen MR) is 83.1 cm³/mol. The van der Waals surface area contributed by atoms with E-state index in [-0.39, 0.29) is 4.99 Å². The molecule has 0 amide bonds. The van der Waals surface area contributed by atoms with Crippen LogP contribution in [-0.2, 0) is 6.61 Å². The van der Waals surface area contributed by atoms with Gasteiger partial charge in [-0.3, -0.25) is 0 Å². The molecule has 0 aliphatic carbocycles. The SMILES string of the molecule is NC(=S)c1ccc(Cl)cc1OCc1ccccc1Cl. The van der Waals surface area contributed by atoms with Crippen molar-refractivity contribution in [2.75, 3.05) is 0 Å². The maximum absolute atomic E-state index is 6.07. The Morgan fingerprint density at radius 2 is 1.89 bits per heavy atom. The highest BCUT2D eigenvalue weighted by Gasteiger charge is 2.08. The topological polar surface area (TPSA) is 35.2 Å². The standard InChI is InChI=1S/C14H11Cl2NOS/c15-10-5-6-11(14(17)19)13(7-10)18-8-9-3-1-2-4-12(9)16/h1-7H,8H2,(H2,17,19). The molecule has 2 N–H and O–H groups in total. The molecule has 0 aliphatic rings. The summed E-state index contributed by atoms with van der Waals surface area (Å²) in [7, 11) is 0. The first kappa shape index (κ1) is 14.1. The average Bonchev–Trinajstić information content (AvgIpc) is 2.37. The second kappa shape index (κ2) is 6.24. The molecule has 0 fully saturated rings. The van der Waals surface area contributed by atoms with Gasteiger partial charge >= 0.3 is 0 Å². The van der Waals surface area contributed by atoms with Crippen LogP contribution < -0.4 is 10.5 Å². The summed E-state index contributed by atoms with van der Waals surface area (Å²) < 4.78 is 5.71. The average molecular weight is 312 g/mol. The van der Waals surface area contributed by atoms with Crippen LogP contribution >= 0.6 is 35.4 Å². The van der Waals surface area contributed by atoms with Crippen LogP contribution in [0.15, 0.2) is 42.5 Å². The van der Waals surface area contributed by atoms with E-state index in [1.54, 1.807) is 18.2 Å². The third-order valence-corrected chi connectivity index (χ3v) is 3.37. The predicted octanol–water partition coefficient (Wildman–Crippen LogP) is 4.21. The summed E-state index contributed by atoms with van der Waals surface area (Å²) in [5, 5.41) is 1.22. The summed E-state index contributed by atoms with van der Waals surface area (Å²) in [5.41, 5.74) is 7.19. The lowest BCUT2D eigenvalue weighted by Gasteiger charge is -2.12. The lowest BCUT2D eigenvalue weighted by atomic mass is 10.2. The number of rotatable bonds is 4. The van der Waals surface area contributed by atoms with Crippen LogP contribution in [-0.4, -0.2) is 4.99 Å². The van der Waals surface area contributed by atoms with E-state index < -0.39 is 0 Å². The van der Waals surface area contributed by atoms with Gasteiger partial charge in [0.2, 0.25) is 0 Å². The second-order valence-electron chi connectivity index (χ2n) is 3.88. The number of thiocarbonyl (C=S) groups is 1. The normalized spacial score (nSPS) is 10.2. The molecule has 0 unspecified atom stereocenters. The monoisotopic (exact) mass is 311 g/mol. The first-order valence-electron chi connectivity index (χ1n) is 5.53. The first-order valence-corrected chi connectivity index (χ1v) is 6.70. The number of halogens is 2. The minimum absolute atomic E-state index is 0.269. The maximum Gasteiger partial charge on any atom is 0.131 e.